The number of esters is 1. The van der Waals surface area contributed by atoms with Crippen LogP contribution in [0.15, 0.2) is 40.3 Å². The molecule has 1 fully saturated rings. The number of nitrogens with one attached hydrogen (secondary N) is 1. The Labute approximate surface area is 188 Å². The molecular formula is C24H31NO5S. The SMILES string of the molecule is COCCCOc1ccc2c(c1)SC(C)C(/C=C(\C=O)C(=O)OC(C)C)=C2NC1CC1. The second-order valence-corrected chi connectivity index (χ2v) is 9.42. The van der Waals surface area contributed by atoms with Gasteiger partial charge >= 0.3 is 5.97 Å². The van der Waals surface area contributed by atoms with Crippen LogP contribution in [-0.2, 0) is 19.1 Å². The van der Waals surface area contributed by atoms with E-state index in [0.29, 0.717) is 25.5 Å². The minimum atomic E-state index is -0.592. The summed E-state index contributed by atoms with van der Waals surface area (Å²) in [5, 5.41) is 3.67. The molecule has 0 radical (unpaired) electrons. The molecule has 1 aliphatic heterocycles. The lowest BCUT2D eigenvalue weighted by atomic mass is 10.00. The molecule has 1 aromatic rings. The minimum Gasteiger partial charge on any atom is -0.493 e. The van der Waals surface area contributed by atoms with Crippen LogP contribution in [0.2, 0.25) is 0 Å². The molecule has 31 heavy (non-hydrogen) atoms. The molecule has 2 aliphatic rings. The van der Waals surface area contributed by atoms with Crippen molar-refractivity contribution in [2.75, 3.05) is 20.3 Å². The van der Waals surface area contributed by atoms with Crippen LogP contribution in [0.1, 0.15) is 45.6 Å². The zero-order valence-corrected chi connectivity index (χ0v) is 19.4. The second kappa shape index (κ2) is 10.9. The first-order chi connectivity index (χ1) is 14.9. The molecule has 1 heterocycles. The molecular weight excluding hydrogens is 414 g/mol. The predicted molar refractivity (Wildman–Crippen MR) is 122 cm³/mol. The molecule has 0 spiro atoms. The van der Waals surface area contributed by atoms with Crippen molar-refractivity contribution in [3.63, 3.8) is 0 Å². The summed E-state index contributed by atoms with van der Waals surface area (Å²) in [6, 6.07) is 6.50. The molecule has 0 saturated heterocycles. The molecule has 1 unspecified atom stereocenters. The molecule has 7 heteroatoms. The monoisotopic (exact) mass is 445 g/mol. The van der Waals surface area contributed by atoms with Crippen LogP contribution in [0.4, 0.5) is 0 Å². The summed E-state index contributed by atoms with van der Waals surface area (Å²) in [6.45, 7) is 6.89. The first-order valence-corrected chi connectivity index (χ1v) is 11.6. The van der Waals surface area contributed by atoms with Crippen LogP contribution >= 0.6 is 11.8 Å². The third kappa shape index (κ3) is 6.37. The first-order valence-electron chi connectivity index (χ1n) is 10.7. The average molecular weight is 446 g/mol. The second-order valence-electron chi connectivity index (χ2n) is 8.03. The third-order valence-electron chi connectivity index (χ3n) is 4.96. The maximum atomic E-state index is 12.3. The van der Waals surface area contributed by atoms with Gasteiger partial charge in [-0.25, -0.2) is 4.79 Å². The summed E-state index contributed by atoms with van der Waals surface area (Å²) in [7, 11) is 1.68. The largest absolute Gasteiger partial charge is 0.493 e. The lowest BCUT2D eigenvalue weighted by molar-refractivity contribution is -0.143. The number of ether oxygens (including phenoxy) is 3. The summed E-state index contributed by atoms with van der Waals surface area (Å²) in [5.41, 5.74) is 3.01. The number of methoxy groups -OCH3 is 1. The van der Waals surface area contributed by atoms with Gasteiger partial charge in [-0.1, -0.05) is 0 Å². The Bertz CT molecular complexity index is 873. The fourth-order valence-electron chi connectivity index (χ4n) is 3.28. The van der Waals surface area contributed by atoms with Crippen LogP contribution in [0, 0.1) is 0 Å². The van der Waals surface area contributed by atoms with Crippen LogP contribution in [0.3, 0.4) is 0 Å². The molecule has 0 bridgehead atoms. The Morgan fingerprint density at radius 1 is 1.29 bits per heavy atom. The van der Waals surface area contributed by atoms with E-state index in [9.17, 15) is 9.59 Å². The summed E-state index contributed by atoms with van der Waals surface area (Å²) in [6.07, 6.45) is 5.05. The van der Waals surface area contributed by atoms with E-state index in [1.807, 2.05) is 12.1 Å². The summed E-state index contributed by atoms with van der Waals surface area (Å²) in [5.74, 6) is 0.236. The van der Waals surface area contributed by atoms with Crippen LogP contribution < -0.4 is 10.1 Å². The van der Waals surface area contributed by atoms with E-state index in [4.69, 9.17) is 14.2 Å². The predicted octanol–water partition coefficient (Wildman–Crippen LogP) is 4.14. The van der Waals surface area contributed by atoms with Crippen LogP contribution in [0.25, 0.3) is 5.70 Å². The number of hydrogen-bond donors (Lipinski definition) is 1. The molecule has 1 saturated carbocycles. The van der Waals surface area contributed by atoms with Gasteiger partial charge in [0.1, 0.15) is 5.75 Å². The zero-order valence-electron chi connectivity index (χ0n) is 18.6. The number of aldehydes is 1. The van der Waals surface area contributed by atoms with Crippen molar-refractivity contribution in [1.29, 1.82) is 0 Å². The van der Waals surface area contributed by atoms with E-state index in [1.54, 1.807) is 38.8 Å². The fraction of sp³-hybridized carbons (Fsp3) is 0.500. The van der Waals surface area contributed by atoms with Gasteiger partial charge in [-0.3, -0.25) is 4.79 Å². The third-order valence-corrected chi connectivity index (χ3v) is 6.16. The summed E-state index contributed by atoms with van der Waals surface area (Å²) < 4.78 is 16.2. The van der Waals surface area contributed by atoms with Crippen molar-refractivity contribution in [1.82, 2.24) is 5.32 Å². The molecule has 1 atom stereocenters. The highest BCUT2D eigenvalue weighted by Gasteiger charge is 2.30. The number of allylic oxidation sites excluding steroid dienone is 1. The molecule has 0 aromatic heterocycles. The molecule has 1 N–H and O–H groups in total. The lowest BCUT2D eigenvalue weighted by Gasteiger charge is -2.28. The molecule has 6 nitrogen and oxygen atoms in total. The number of rotatable bonds is 11. The number of benzene rings is 1. The highest BCUT2D eigenvalue weighted by atomic mass is 32.2. The Morgan fingerprint density at radius 2 is 2.06 bits per heavy atom. The van der Waals surface area contributed by atoms with Gasteiger partial charge in [-0.2, -0.15) is 0 Å². The van der Waals surface area contributed by atoms with Crippen molar-refractivity contribution >= 4 is 29.7 Å². The van der Waals surface area contributed by atoms with Gasteiger partial charge in [0.25, 0.3) is 0 Å². The van der Waals surface area contributed by atoms with Gasteiger partial charge in [-0.05, 0) is 63.5 Å². The van der Waals surface area contributed by atoms with Crippen molar-refractivity contribution in [2.24, 2.45) is 0 Å². The maximum Gasteiger partial charge on any atom is 0.341 e. The van der Waals surface area contributed by atoms with Gasteiger partial charge in [0.15, 0.2) is 6.29 Å². The van der Waals surface area contributed by atoms with Crippen molar-refractivity contribution < 1.29 is 23.8 Å². The highest BCUT2D eigenvalue weighted by molar-refractivity contribution is 8.00. The minimum absolute atomic E-state index is 0.0350. The van der Waals surface area contributed by atoms with Gasteiger partial charge in [0, 0.05) is 47.6 Å². The maximum absolute atomic E-state index is 12.3. The van der Waals surface area contributed by atoms with E-state index in [0.717, 1.165) is 46.7 Å². The van der Waals surface area contributed by atoms with Crippen molar-refractivity contribution in [2.45, 2.75) is 62.3 Å². The lowest BCUT2D eigenvalue weighted by Crippen LogP contribution is -2.23. The summed E-state index contributed by atoms with van der Waals surface area (Å²) in [4.78, 5) is 25.1. The standard InChI is InChI=1S/C24H31NO5S/c1-15(2)30-24(27)17(14-26)12-21-16(3)31-22-13-19(29-11-5-10-28-4)8-9-20(22)23(21)25-18-6-7-18/h8-9,12-16,18,25H,5-7,10-11H2,1-4H3/b17-12+. The quantitative estimate of drug-likeness (QED) is 0.137. The highest BCUT2D eigenvalue weighted by Crippen LogP contribution is 2.44. The van der Waals surface area contributed by atoms with Crippen molar-refractivity contribution in [3.05, 3.63) is 41.0 Å². The van der Waals surface area contributed by atoms with Crippen molar-refractivity contribution in [3.8, 4) is 5.75 Å². The number of fused-ring (bicyclic) bond motifs is 1. The van der Waals surface area contributed by atoms with E-state index in [1.165, 1.54) is 0 Å². The summed E-state index contributed by atoms with van der Waals surface area (Å²) >= 11 is 1.69. The molecule has 0 amide bonds. The van der Waals surface area contributed by atoms with Crippen LogP contribution in [0.5, 0.6) is 5.75 Å². The van der Waals surface area contributed by atoms with E-state index in [-0.39, 0.29) is 16.9 Å². The van der Waals surface area contributed by atoms with Gasteiger partial charge in [-0.15, -0.1) is 11.8 Å². The first kappa shape index (κ1) is 23.4. The number of carbonyl (C=O) groups is 2. The van der Waals surface area contributed by atoms with Gasteiger partial charge < -0.3 is 19.5 Å². The Kier molecular flexibility index (Phi) is 8.21. The topological polar surface area (TPSA) is 73.9 Å². The Morgan fingerprint density at radius 3 is 2.71 bits per heavy atom. The molecule has 1 aromatic carbocycles. The molecule has 1 aliphatic carbocycles. The van der Waals surface area contributed by atoms with E-state index >= 15 is 0 Å². The van der Waals surface area contributed by atoms with E-state index < -0.39 is 5.97 Å². The smallest absolute Gasteiger partial charge is 0.341 e. The zero-order chi connectivity index (χ0) is 22.4. The van der Waals surface area contributed by atoms with Crippen LogP contribution in [-0.4, -0.2) is 50.0 Å². The Hall–Kier alpha value is -2.25. The number of thioether (sulfide) groups is 1. The molecule has 168 valence electrons. The Balaban J connectivity index is 1.93. The van der Waals surface area contributed by atoms with Gasteiger partial charge in [0.05, 0.1) is 18.3 Å². The normalized spacial score (nSPS) is 18.6. The van der Waals surface area contributed by atoms with Gasteiger partial charge in [0.2, 0.25) is 0 Å². The fourth-order valence-corrected chi connectivity index (χ4v) is 4.45. The number of carbonyl (C=O) groups excluding carboxylic acids is 2. The average Bonchev–Trinajstić information content (AvgIpc) is 3.54. The number of hydrogen-bond acceptors (Lipinski definition) is 7. The molecule has 3 rings (SSSR count). The van der Waals surface area contributed by atoms with E-state index in [2.05, 4.69) is 18.3 Å².